The molecule has 1 aliphatic carbocycles. The Morgan fingerprint density at radius 2 is 2.00 bits per heavy atom. The molecule has 9 heteroatoms. The van der Waals surface area contributed by atoms with Crippen molar-refractivity contribution in [2.75, 3.05) is 32.7 Å². The summed E-state index contributed by atoms with van der Waals surface area (Å²) >= 11 is 0. The van der Waals surface area contributed by atoms with Gasteiger partial charge in [-0.1, -0.05) is 6.07 Å². The van der Waals surface area contributed by atoms with E-state index in [1.54, 1.807) is 6.92 Å². The van der Waals surface area contributed by atoms with Gasteiger partial charge in [0.25, 0.3) is 0 Å². The molecular formula is C18H23FN4O3S. The van der Waals surface area contributed by atoms with Gasteiger partial charge in [0.1, 0.15) is 11.4 Å². The minimum Gasteiger partial charge on any atom is -0.337 e. The first-order chi connectivity index (χ1) is 12.7. The summed E-state index contributed by atoms with van der Waals surface area (Å²) in [4.78, 5) is 14.1. The lowest BCUT2D eigenvalue weighted by Gasteiger charge is -2.34. The first-order valence-electron chi connectivity index (χ1n) is 8.95. The number of benzene rings is 1. The van der Waals surface area contributed by atoms with Crippen LogP contribution in [-0.2, 0) is 14.8 Å². The van der Waals surface area contributed by atoms with Gasteiger partial charge in [0.05, 0.1) is 17.5 Å². The van der Waals surface area contributed by atoms with Gasteiger partial charge in [-0.15, -0.1) is 0 Å². The topological polar surface area (TPSA) is 93.5 Å². The normalized spacial score (nSPS) is 21.2. The Labute approximate surface area is 158 Å². The molecule has 3 rings (SSSR count). The number of halogens is 1. The van der Waals surface area contributed by atoms with Crippen LogP contribution in [-0.4, -0.2) is 61.8 Å². The van der Waals surface area contributed by atoms with Crippen molar-refractivity contribution in [3.63, 3.8) is 0 Å². The number of amides is 1. The molecular weight excluding hydrogens is 371 g/mol. The van der Waals surface area contributed by atoms with Crippen molar-refractivity contribution in [1.29, 1.82) is 5.26 Å². The van der Waals surface area contributed by atoms with Crippen LogP contribution in [0.25, 0.3) is 0 Å². The molecule has 1 amide bonds. The SMILES string of the molecule is C[C@@](C#N)(NC(=O)CN1CCN(S(=O)(=O)c2cccc(F)c2)CC1)C1CC1. The zero-order chi connectivity index (χ0) is 19.7. The van der Waals surface area contributed by atoms with E-state index in [4.69, 9.17) is 0 Å². The number of piperazine rings is 1. The van der Waals surface area contributed by atoms with E-state index < -0.39 is 21.4 Å². The van der Waals surface area contributed by atoms with Crippen LogP contribution in [0, 0.1) is 23.1 Å². The number of hydrogen-bond donors (Lipinski definition) is 1. The van der Waals surface area contributed by atoms with Gasteiger partial charge in [-0.2, -0.15) is 9.57 Å². The van der Waals surface area contributed by atoms with Crippen LogP contribution in [0.1, 0.15) is 19.8 Å². The first-order valence-corrected chi connectivity index (χ1v) is 10.4. The van der Waals surface area contributed by atoms with E-state index in [0.717, 1.165) is 18.9 Å². The average molecular weight is 394 g/mol. The van der Waals surface area contributed by atoms with Crippen LogP contribution in [0.5, 0.6) is 0 Å². The van der Waals surface area contributed by atoms with Gasteiger partial charge < -0.3 is 5.32 Å². The average Bonchev–Trinajstić information content (AvgIpc) is 3.47. The maximum Gasteiger partial charge on any atom is 0.243 e. The quantitative estimate of drug-likeness (QED) is 0.775. The second-order valence-corrected chi connectivity index (χ2v) is 9.21. The van der Waals surface area contributed by atoms with E-state index in [2.05, 4.69) is 11.4 Å². The van der Waals surface area contributed by atoms with E-state index in [-0.39, 0.29) is 36.4 Å². The fourth-order valence-corrected chi connectivity index (χ4v) is 4.77. The summed E-state index contributed by atoms with van der Waals surface area (Å²) in [7, 11) is -3.75. The van der Waals surface area contributed by atoms with Crippen LogP contribution in [0.3, 0.4) is 0 Å². The van der Waals surface area contributed by atoms with Crippen molar-refractivity contribution in [2.24, 2.45) is 5.92 Å². The smallest absolute Gasteiger partial charge is 0.243 e. The van der Waals surface area contributed by atoms with E-state index in [1.807, 2.05) is 4.90 Å². The van der Waals surface area contributed by atoms with Crippen LogP contribution >= 0.6 is 0 Å². The lowest BCUT2D eigenvalue weighted by atomic mass is 9.98. The largest absolute Gasteiger partial charge is 0.337 e. The lowest BCUT2D eigenvalue weighted by Crippen LogP contribution is -2.54. The molecule has 1 N–H and O–H groups in total. The molecule has 7 nitrogen and oxygen atoms in total. The lowest BCUT2D eigenvalue weighted by molar-refractivity contribution is -0.123. The number of nitrogens with one attached hydrogen (secondary N) is 1. The molecule has 146 valence electrons. The van der Waals surface area contributed by atoms with Gasteiger partial charge in [-0.25, -0.2) is 12.8 Å². The number of rotatable bonds is 6. The molecule has 1 aliphatic heterocycles. The molecule has 1 atom stereocenters. The molecule has 1 saturated carbocycles. The number of carbonyl (C=O) groups is 1. The van der Waals surface area contributed by atoms with Crippen LogP contribution in [0.15, 0.2) is 29.2 Å². The van der Waals surface area contributed by atoms with Gasteiger partial charge in [0.15, 0.2) is 0 Å². The van der Waals surface area contributed by atoms with E-state index in [9.17, 15) is 22.9 Å². The highest BCUT2D eigenvalue weighted by molar-refractivity contribution is 7.89. The predicted octanol–water partition coefficient (Wildman–Crippen LogP) is 0.940. The summed E-state index contributed by atoms with van der Waals surface area (Å²) in [6.45, 7) is 3.11. The van der Waals surface area contributed by atoms with Gasteiger partial charge in [0.2, 0.25) is 15.9 Å². The maximum atomic E-state index is 13.3. The monoisotopic (exact) mass is 394 g/mol. The summed E-state index contributed by atoms with van der Waals surface area (Å²) in [6, 6.07) is 7.14. The number of sulfonamides is 1. The number of nitriles is 1. The van der Waals surface area contributed by atoms with Crippen LogP contribution < -0.4 is 5.32 Å². The third-order valence-electron chi connectivity index (χ3n) is 5.16. The third-order valence-corrected chi connectivity index (χ3v) is 7.05. The highest BCUT2D eigenvalue weighted by Gasteiger charge is 2.43. The summed E-state index contributed by atoms with van der Waals surface area (Å²) in [6.07, 6.45) is 1.89. The van der Waals surface area contributed by atoms with Crippen molar-refractivity contribution >= 4 is 15.9 Å². The van der Waals surface area contributed by atoms with Gasteiger partial charge in [0, 0.05) is 26.2 Å². The predicted molar refractivity (Wildman–Crippen MR) is 96.5 cm³/mol. The molecule has 0 spiro atoms. The second-order valence-electron chi connectivity index (χ2n) is 7.27. The molecule has 0 aromatic heterocycles. The minimum atomic E-state index is -3.75. The van der Waals surface area contributed by atoms with Crippen molar-refractivity contribution in [1.82, 2.24) is 14.5 Å². The molecule has 2 aliphatic rings. The first kappa shape index (κ1) is 19.7. The summed E-state index contributed by atoms with van der Waals surface area (Å²) < 4.78 is 39.8. The zero-order valence-electron chi connectivity index (χ0n) is 15.2. The Bertz CT molecular complexity index is 858. The number of hydrogen-bond acceptors (Lipinski definition) is 5. The summed E-state index contributed by atoms with van der Waals surface area (Å²) in [5, 5.41) is 12.1. The minimum absolute atomic E-state index is 0.0667. The standard InChI is InChI=1S/C18H23FN4O3S/c1-18(13-20,14-5-6-14)21-17(24)12-22-7-9-23(10-8-22)27(25,26)16-4-2-3-15(19)11-16/h2-4,11,14H,5-10,12H2,1H3,(H,21,24)/t18-/m0/s1. The van der Waals surface area contributed by atoms with Gasteiger partial charge in [-0.05, 0) is 43.9 Å². The third kappa shape index (κ3) is 4.46. The van der Waals surface area contributed by atoms with E-state index in [0.29, 0.717) is 13.1 Å². The van der Waals surface area contributed by atoms with Crippen molar-refractivity contribution in [3.05, 3.63) is 30.1 Å². The molecule has 1 aromatic rings. The fraction of sp³-hybridized carbons (Fsp3) is 0.556. The fourth-order valence-electron chi connectivity index (χ4n) is 3.32. The van der Waals surface area contributed by atoms with E-state index >= 15 is 0 Å². The summed E-state index contributed by atoms with van der Waals surface area (Å²) in [5.74, 6) is -0.616. The molecule has 1 aromatic carbocycles. The van der Waals surface area contributed by atoms with Crippen LogP contribution in [0.2, 0.25) is 0 Å². The highest BCUT2D eigenvalue weighted by Crippen LogP contribution is 2.39. The van der Waals surface area contributed by atoms with Crippen molar-refractivity contribution < 1.29 is 17.6 Å². The molecule has 27 heavy (non-hydrogen) atoms. The molecule has 0 radical (unpaired) electrons. The number of nitrogens with zero attached hydrogens (tertiary/aromatic N) is 3. The number of carbonyl (C=O) groups excluding carboxylic acids is 1. The Hall–Kier alpha value is -2.02. The van der Waals surface area contributed by atoms with Crippen LogP contribution in [0.4, 0.5) is 4.39 Å². The molecule has 1 saturated heterocycles. The van der Waals surface area contributed by atoms with E-state index in [1.165, 1.54) is 22.5 Å². The molecule has 2 fully saturated rings. The maximum absolute atomic E-state index is 13.3. The Kier molecular flexibility index (Phi) is 5.51. The summed E-state index contributed by atoms with van der Waals surface area (Å²) in [5.41, 5.74) is -0.834. The van der Waals surface area contributed by atoms with Crippen molar-refractivity contribution in [2.45, 2.75) is 30.2 Å². The Morgan fingerprint density at radius 3 is 2.56 bits per heavy atom. The Morgan fingerprint density at radius 1 is 1.33 bits per heavy atom. The molecule has 0 bridgehead atoms. The Balaban J connectivity index is 1.54. The van der Waals surface area contributed by atoms with Gasteiger partial charge in [-0.3, -0.25) is 9.69 Å². The van der Waals surface area contributed by atoms with Gasteiger partial charge >= 0.3 is 0 Å². The molecule has 1 heterocycles. The highest BCUT2D eigenvalue weighted by atomic mass is 32.2. The second kappa shape index (κ2) is 7.54. The molecule has 0 unspecified atom stereocenters. The zero-order valence-corrected chi connectivity index (χ0v) is 16.0. The van der Waals surface area contributed by atoms with Crippen molar-refractivity contribution in [3.8, 4) is 6.07 Å².